The van der Waals surface area contributed by atoms with Crippen LogP contribution in [0.5, 0.6) is 0 Å². The van der Waals surface area contributed by atoms with E-state index in [1.165, 1.54) is 0 Å². The fourth-order valence-corrected chi connectivity index (χ4v) is 1.06. The van der Waals surface area contributed by atoms with E-state index in [-0.39, 0.29) is 0 Å². The molecular formula is GeO3P+. The van der Waals surface area contributed by atoms with Crippen LogP contribution < -0.4 is 0 Å². The third-order valence-electron chi connectivity index (χ3n) is 0.224. The SMILES string of the molecule is O=[P+]1[O][Ge][O]1. The second-order valence-electron chi connectivity index (χ2n) is 0.490. The topological polar surface area (TPSA) is 35.5 Å². The average molecular weight is 152 g/mol. The summed E-state index contributed by atoms with van der Waals surface area (Å²) in [5.41, 5.74) is 0. The average Bonchev–Trinajstić information content (AvgIpc) is 1.30. The predicted molar refractivity (Wildman–Crippen MR) is 15.5 cm³/mol. The molecule has 0 unspecified atom stereocenters. The molecule has 5 heavy (non-hydrogen) atoms. The van der Waals surface area contributed by atoms with Crippen molar-refractivity contribution in [3.05, 3.63) is 0 Å². The van der Waals surface area contributed by atoms with E-state index in [1.807, 2.05) is 0 Å². The summed E-state index contributed by atoms with van der Waals surface area (Å²) in [6.07, 6.45) is 0. The predicted octanol–water partition coefficient (Wildman–Crippen LogP) is 0.225. The first kappa shape index (κ1) is 3.74. The van der Waals surface area contributed by atoms with Gasteiger partial charge in [-0.15, -0.1) is 0 Å². The van der Waals surface area contributed by atoms with Gasteiger partial charge in [0.1, 0.15) is 0 Å². The molecule has 2 radical (unpaired) electrons. The summed E-state index contributed by atoms with van der Waals surface area (Å²) in [5, 5.41) is 0. The molecule has 5 heteroatoms. The molecule has 1 heterocycles. The van der Waals surface area contributed by atoms with Gasteiger partial charge < -0.3 is 0 Å². The van der Waals surface area contributed by atoms with Gasteiger partial charge in [-0.3, -0.25) is 0 Å². The molecule has 0 spiro atoms. The Hall–Kier alpha value is 0.563. The maximum atomic E-state index is 9.63. The molecular weight excluding hydrogens is 152 g/mol. The summed E-state index contributed by atoms with van der Waals surface area (Å²) in [5.74, 6) is 0. The zero-order chi connectivity index (χ0) is 3.70. The number of hydrogen-bond acceptors (Lipinski definition) is 3. The summed E-state index contributed by atoms with van der Waals surface area (Å²) < 4.78 is 18.3. The van der Waals surface area contributed by atoms with Crippen molar-refractivity contribution in [1.29, 1.82) is 0 Å². The maximum absolute atomic E-state index is 9.63. The van der Waals surface area contributed by atoms with E-state index in [2.05, 4.69) is 7.10 Å². The minimum absolute atomic E-state index is 0.633. The molecule has 0 atom stereocenters. The van der Waals surface area contributed by atoms with Crippen LogP contribution in [0.4, 0.5) is 0 Å². The molecule has 0 N–H and O–H groups in total. The van der Waals surface area contributed by atoms with E-state index in [1.54, 1.807) is 0 Å². The van der Waals surface area contributed by atoms with Crippen molar-refractivity contribution < 1.29 is 11.7 Å². The van der Waals surface area contributed by atoms with Crippen molar-refractivity contribution in [2.45, 2.75) is 0 Å². The fourth-order valence-electron chi connectivity index (χ4n) is 0.0677. The third-order valence-corrected chi connectivity index (χ3v) is 3.49. The van der Waals surface area contributed by atoms with E-state index in [0.29, 0.717) is 0 Å². The Morgan fingerprint density at radius 3 is 2.00 bits per heavy atom. The van der Waals surface area contributed by atoms with Crippen molar-refractivity contribution >= 4 is 24.4 Å². The van der Waals surface area contributed by atoms with Gasteiger partial charge in [-0.1, -0.05) is 0 Å². The normalized spacial score (nSPS) is 22.0. The summed E-state index contributed by atoms with van der Waals surface area (Å²) >= 11 is -0.633. The van der Waals surface area contributed by atoms with Crippen molar-refractivity contribution in [3.8, 4) is 0 Å². The molecule has 26 valence electrons. The Morgan fingerprint density at radius 2 is 2.00 bits per heavy atom. The molecule has 0 amide bonds. The van der Waals surface area contributed by atoms with Crippen LogP contribution in [-0.4, -0.2) is 16.1 Å². The van der Waals surface area contributed by atoms with Gasteiger partial charge in [0.2, 0.25) is 0 Å². The Morgan fingerprint density at radius 1 is 1.60 bits per heavy atom. The zero-order valence-corrected chi connectivity index (χ0v) is 5.16. The van der Waals surface area contributed by atoms with Crippen LogP contribution in [0.2, 0.25) is 0 Å². The van der Waals surface area contributed by atoms with E-state index in [4.69, 9.17) is 0 Å². The number of rotatable bonds is 0. The summed E-state index contributed by atoms with van der Waals surface area (Å²) in [7, 11) is -1.61. The van der Waals surface area contributed by atoms with Crippen molar-refractivity contribution in [2.75, 3.05) is 0 Å². The van der Waals surface area contributed by atoms with Crippen LogP contribution in [0, 0.1) is 0 Å². The molecule has 0 aromatic carbocycles. The first-order valence-corrected chi connectivity index (χ1v) is 3.76. The van der Waals surface area contributed by atoms with Gasteiger partial charge in [0.05, 0.1) is 0 Å². The van der Waals surface area contributed by atoms with E-state index >= 15 is 0 Å². The molecule has 1 fully saturated rings. The van der Waals surface area contributed by atoms with Crippen LogP contribution in [0.1, 0.15) is 0 Å². The molecule has 3 nitrogen and oxygen atoms in total. The van der Waals surface area contributed by atoms with E-state index in [0.717, 1.165) is 0 Å². The summed E-state index contributed by atoms with van der Waals surface area (Å²) in [4.78, 5) is 0. The first-order valence-electron chi connectivity index (χ1n) is 0.956. The Labute approximate surface area is 36.8 Å². The second-order valence-corrected chi connectivity index (χ2v) is 3.95. The van der Waals surface area contributed by atoms with Crippen LogP contribution in [0.3, 0.4) is 0 Å². The van der Waals surface area contributed by atoms with Crippen molar-refractivity contribution in [1.82, 2.24) is 0 Å². The van der Waals surface area contributed by atoms with Crippen LogP contribution in [-0.2, 0) is 11.7 Å². The summed E-state index contributed by atoms with van der Waals surface area (Å²) in [6.45, 7) is 0. The van der Waals surface area contributed by atoms with Gasteiger partial charge in [0, 0.05) is 0 Å². The fraction of sp³-hybridized carbons (Fsp3) is 0. The zero-order valence-electron chi connectivity index (χ0n) is 2.17. The van der Waals surface area contributed by atoms with E-state index < -0.39 is 24.4 Å². The Kier molecular flexibility index (Phi) is 1.01. The minimum atomic E-state index is -1.61. The van der Waals surface area contributed by atoms with Gasteiger partial charge in [-0.2, -0.15) is 0 Å². The molecule has 1 aliphatic rings. The molecule has 0 saturated carbocycles. The van der Waals surface area contributed by atoms with Gasteiger partial charge in [0.15, 0.2) is 0 Å². The Balaban J connectivity index is 2.32. The van der Waals surface area contributed by atoms with Crippen molar-refractivity contribution in [2.24, 2.45) is 0 Å². The molecule has 1 aliphatic heterocycles. The summed E-state index contributed by atoms with van der Waals surface area (Å²) in [6, 6.07) is 0. The van der Waals surface area contributed by atoms with Gasteiger partial charge in [-0.25, -0.2) is 0 Å². The molecule has 0 aromatic heterocycles. The second kappa shape index (κ2) is 1.34. The van der Waals surface area contributed by atoms with Crippen molar-refractivity contribution in [3.63, 3.8) is 0 Å². The molecule has 1 rings (SSSR count). The molecule has 0 aliphatic carbocycles. The quantitative estimate of drug-likeness (QED) is 0.367. The molecule has 0 aromatic rings. The van der Waals surface area contributed by atoms with Gasteiger partial charge in [-0.05, 0) is 0 Å². The monoisotopic (exact) mass is 153 g/mol. The Bertz CT molecular complexity index is 53.9. The number of hydrogen-bond donors (Lipinski definition) is 0. The van der Waals surface area contributed by atoms with Crippen LogP contribution >= 0.6 is 8.25 Å². The van der Waals surface area contributed by atoms with Gasteiger partial charge in [0.25, 0.3) is 0 Å². The van der Waals surface area contributed by atoms with Crippen LogP contribution in [0.25, 0.3) is 0 Å². The third kappa shape index (κ3) is 0.696. The van der Waals surface area contributed by atoms with Gasteiger partial charge >= 0.3 is 36.0 Å². The van der Waals surface area contributed by atoms with Crippen LogP contribution in [0.15, 0.2) is 0 Å². The van der Waals surface area contributed by atoms with E-state index in [9.17, 15) is 4.57 Å². The first-order chi connectivity index (χ1) is 2.39. The molecule has 1 saturated heterocycles. The molecule has 0 bridgehead atoms. The standard InChI is InChI=1S/GeO3P/c2-5-3-1-4-5/q+1.